The standard InChI is InChI=1S/C22H28O4/c1-6-24-22(23)19-11-12-20(21(13-19)26-16(4)5)25-14-17-7-9-18(10-8-17)15(2)3/h7-13,15-16H,6,14H2,1-5H3. The van der Waals surface area contributed by atoms with E-state index in [-0.39, 0.29) is 12.1 Å². The Bertz CT molecular complexity index is 717. The van der Waals surface area contributed by atoms with Gasteiger partial charge >= 0.3 is 5.97 Å². The van der Waals surface area contributed by atoms with Crippen molar-refractivity contribution in [3.05, 3.63) is 59.2 Å². The summed E-state index contributed by atoms with van der Waals surface area (Å²) in [6.45, 7) is 10.8. The van der Waals surface area contributed by atoms with E-state index in [0.717, 1.165) is 5.56 Å². The van der Waals surface area contributed by atoms with E-state index >= 15 is 0 Å². The molecule has 0 N–H and O–H groups in total. The van der Waals surface area contributed by atoms with Crippen LogP contribution in [0.5, 0.6) is 11.5 Å². The van der Waals surface area contributed by atoms with Crippen LogP contribution < -0.4 is 9.47 Å². The number of benzene rings is 2. The van der Waals surface area contributed by atoms with E-state index in [4.69, 9.17) is 14.2 Å². The molecule has 0 amide bonds. The molecule has 0 unspecified atom stereocenters. The van der Waals surface area contributed by atoms with Gasteiger partial charge in [-0.25, -0.2) is 4.79 Å². The highest BCUT2D eigenvalue weighted by Gasteiger charge is 2.14. The molecule has 0 saturated carbocycles. The van der Waals surface area contributed by atoms with Crippen molar-refractivity contribution in [1.82, 2.24) is 0 Å². The molecule has 0 saturated heterocycles. The summed E-state index contributed by atoms with van der Waals surface area (Å²) in [6.07, 6.45) is -0.0277. The minimum Gasteiger partial charge on any atom is -0.487 e. The van der Waals surface area contributed by atoms with E-state index in [0.29, 0.717) is 36.2 Å². The van der Waals surface area contributed by atoms with Crippen LogP contribution in [0.15, 0.2) is 42.5 Å². The molecule has 0 heterocycles. The maximum absolute atomic E-state index is 11.9. The Hall–Kier alpha value is -2.49. The first-order valence-electron chi connectivity index (χ1n) is 9.10. The van der Waals surface area contributed by atoms with Crippen LogP contribution in [0.25, 0.3) is 0 Å². The fourth-order valence-electron chi connectivity index (χ4n) is 2.47. The van der Waals surface area contributed by atoms with Crippen LogP contribution in [0, 0.1) is 0 Å². The minimum atomic E-state index is -0.364. The van der Waals surface area contributed by atoms with E-state index < -0.39 is 0 Å². The number of carbonyl (C=O) groups is 1. The number of hydrogen-bond acceptors (Lipinski definition) is 4. The lowest BCUT2D eigenvalue weighted by atomic mass is 10.0. The largest absolute Gasteiger partial charge is 0.487 e. The van der Waals surface area contributed by atoms with Crippen LogP contribution in [-0.4, -0.2) is 18.7 Å². The number of esters is 1. The lowest BCUT2D eigenvalue weighted by Gasteiger charge is -2.16. The van der Waals surface area contributed by atoms with E-state index in [2.05, 4.69) is 38.1 Å². The summed E-state index contributed by atoms with van der Waals surface area (Å²) in [5.74, 6) is 1.30. The molecular formula is C22H28O4. The van der Waals surface area contributed by atoms with Gasteiger partial charge in [0.25, 0.3) is 0 Å². The maximum Gasteiger partial charge on any atom is 0.338 e. The van der Waals surface area contributed by atoms with Gasteiger partial charge in [-0.1, -0.05) is 38.1 Å². The van der Waals surface area contributed by atoms with E-state index in [1.165, 1.54) is 5.56 Å². The SMILES string of the molecule is CCOC(=O)c1ccc(OCc2ccc(C(C)C)cc2)c(OC(C)C)c1. The van der Waals surface area contributed by atoms with Crippen LogP contribution >= 0.6 is 0 Å². The molecule has 0 fully saturated rings. The molecule has 140 valence electrons. The molecule has 2 aromatic carbocycles. The van der Waals surface area contributed by atoms with Crippen molar-refractivity contribution in [2.24, 2.45) is 0 Å². The van der Waals surface area contributed by atoms with Crippen molar-refractivity contribution >= 4 is 5.97 Å². The first-order chi connectivity index (χ1) is 12.4. The summed E-state index contributed by atoms with van der Waals surface area (Å²) in [6, 6.07) is 13.5. The van der Waals surface area contributed by atoms with Gasteiger partial charge in [-0.2, -0.15) is 0 Å². The highest BCUT2D eigenvalue weighted by Crippen LogP contribution is 2.30. The molecule has 0 aliphatic carbocycles. The summed E-state index contributed by atoms with van der Waals surface area (Å²) in [4.78, 5) is 11.9. The zero-order valence-corrected chi connectivity index (χ0v) is 16.2. The molecule has 0 aliphatic rings. The van der Waals surface area contributed by atoms with Gasteiger partial charge in [0, 0.05) is 0 Å². The average molecular weight is 356 g/mol. The Morgan fingerprint density at radius 2 is 1.65 bits per heavy atom. The summed E-state index contributed by atoms with van der Waals surface area (Å²) in [7, 11) is 0. The highest BCUT2D eigenvalue weighted by atomic mass is 16.5. The Labute approximate surface area is 156 Å². The minimum absolute atomic E-state index is 0.0277. The second kappa shape index (κ2) is 9.27. The van der Waals surface area contributed by atoms with Crippen LogP contribution in [0.3, 0.4) is 0 Å². The van der Waals surface area contributed by atoms with E-state index in [1.54, 1.807) is 25.1 Å². The molecule has 0 aliphatic heterocycles. The smallest absolute Gasteiger partial charge is 0.338 e. The molecule has 2 rings (SSSR count). The van der Waals surface area contributed by atoms with Crippen molar-refractivity contribution in [3.63, 3.8) is 0 Å². The first kappa shape index (κ1) is 19.8. The van der Waals surface area contributed by atoms with Gasteiger partial charge in [-0.3, -0.25) is 0 Å². The van der Waals surface area contributed by atoms with Crippen LogP contribution in [0.4, 0.5) is 0 Å². The third kappa shape index (κ3) is 5.51. The highest BCUT2D eigenvalue weighted by molar-refractivity contribution is 5.90. The predicted octanol–water partition coefficient (Wildman–Crippen LogP) is 5.35. The zero-order valence-electron chi connectivity index (χ0n) is 16.2. The van der Waals surface area contributed by atoms with Gasteiger partial charge in [0.05, 0.1) is 18.3 Å². The van der Waals surface area contributed by atoms with Crippen molar-refractivity contribution in [2.75, 3.05) is 6.61 Å². The van der Waals surface area contributed by atoms with Gasteiger partial charge in [0.2, 0.25) is 0 Å². The first-order valence-corrected chi connectivity index (χ1v) is 9.10. The van der Waals surface area contributed by atoms with Crippen molar-refractivity contribution in [3.8, 4) is 11.5 Å². The van der Waals surface area contributed by atoms with Crippen molar-refractivity contribution in [2.45, 2.75) is 53.2 Å². The number of ether oxygens (including phenoxy) is 3. The molecule has 26 heavy (non-hydrogen) atoms. The van der Waals surface area contributed by atoms with E-state index in [9.17, 15) is 4.79 Å². The number of carbonyl (C=O) groups excluding carboxylic acids is 1. The van der Waals surface area contributed by atoms with Gasteiger partial charge < -0.3 is 14.2 Å². The molecule has 4 nitrogen and oxygen atoms in total. The molecule has 4 heteroatoms. The van der Waals surface area contributed by atoms with Crippen LogP contribution in [-0.2, 0) is 11.3 Å². The van der Waals surface area contributed by atoms with Gasteiger partial charge in [-0.05, 0) is 56.0 Å². The van der Waals surface area contributed by atoms with Gasteiger partial charge in [-0.15, -0.1) is 0 Å². The predicted molar refractivity (Wildman–Crippen MR) is 103 cm³/mol. The quantitative estimate of drug-likeness (QED) is 0.598. The molecule has 0 radical (unpaired) electrons. The summed E-state index contributed by atoms with van der Waals surface area (Å²) in [5.41, 5.74) is 2.84. The zero-order chi connectivity index (χ0) is 19.1. The van der Waals surface area contributed by atoms with Gasteiger partial charge in [0.1, 0.15) is 6.61 Å². The molecule has 2 aromatic rings. The Morgan fingerprint density at radius 1 is 0.962 bits per heavy atom. The Balaban J connectivity index is 2.15. The average Bonchev–Trinajstić information content (AvgIpc) is 2.60. The molecule has 0 atom stereocenters. The summed E-state index contributed by atoms with van der Waals surface area (Å²) < 4.78 is 16.8. The topological polar surface area (TPSA) is 44.8 Å². The third-order valence-corrected chi connectivity index (χ3v) is 3.86. The second-order valence-electron chi connectivity index (χ2n) is 6.73. The molecule has 0 spiro atoms. The monoisotopic (exact) mass is 356 g/mol. The van der Waals surface area contributed by atoms with Gasteiger partial charge in [0.15, 0.2) is 11.5 Å². The molecule has 0 bridgehead atoms. The normalized spacial score (nSPS) is 10.9. The van der Waals surface area contributed by atoms with E-state index in [1.807, 2.05) is 13.8 Å². The Morgan fingerprint density at radius 3 is 2.23 bits per heavy atom. The van der Waals surface area contributed by atoms with Crippen LogP contribution in [0.2, 0.25) is 0 Å². The lowest BCUT2D eigenvalue weighted by molar-refractivity contribution is 0.0525. The Kier molecular flexibility index (Phi) is 7.07. The second-order valence-corrected chi connectivity index (χ2v) is 6.73. The fourth-order valence-corrected chi connectivity index (χ4v) is 2.47. The molecular weight excluding hydrogens is 328 g/mol. The lowest BCUT2D eigenvalue weighted by Crippen LogP contribution is -2.10. The summed E-state index contributed by atoms with van der Waals surface area (Å²) in [5, 5.41) is 0. The van der Waals surface area contributed by atoms with Crippen molar-refractivity contribution < 1.29 is 19.0 Å². The number of rotatable bonds is 8. The molecule has 0 aromatic heterocycles. The van der Waals surface area contributed by atoms with Crippen molar-refractivity contribution in [1.29, 1.82) is 0 Å². The third-order valence-electron chi connectivity index (χ3n) is 3.86. The fraction of sp³-hybridized carbons (Fsp3) is 0.409. The maximum atomic E-state index is 11.9. The van der Waals surface area contributed by atoms with Crippen LogP contribution in [0.1, 0.15) is 62.0 Å². The number of hydrogen-bond donors (Lipinski definition) is 0. The summed E-state index contributed by atoms with van der Waals surface area (Å²) >= 11 is 0.